The third kappa shape index (κ3) is 3.32. The largest absolute Gasteiger partial charge is 0.334 e. The normalized spacial score (nSPS) is 18.6. The molecule has 1 aliphatic rings. The molecule has 1 fully saturated rings. The minimum absolute atomic E-state index is 0.0573. The zero-order valence-corrected chi connectivity index (χ0v) is 11.6. The summed E-state index contributed by atoms with van der Waals surface area (Å²) < 4.78 is 13.4. The Labute approximate surface area is 113 Å². The van der Waals surface area contributed by atoms with Crippen LogP contribution in [0.3, 0.4) is 0 Å². The lowest BCUT2D eigenvalue weighted by Gasteiger charge is -2.28. The number of nitrogens with zero attached hydrogens (tertiary/aromatic N) is 1. The van der Waals surface area contributed by atoms with E-state index < -0.39 is 0 Å². The highest BCUT2D eigenvalue weighted by atomic mass is 19.1. The molecule has 0 bridgehead atoms. The number of carbonyl (C=O) groups is 1. The highest BCUT2D eigenvalue weighted by Gasteiger charge is 2.26. The van der Waals surface area contributed by atoms with Gasteiger partial charge >= 0.3 is 0 Å². The molecule has 1 heterocycles. The minimum atomic E-state index is -0.343. The lowest BCUT2D eigenvalue weighted by atomic mass is 10.1. The van der Waals surface area contributed by atoms with E-state index in [4.69, 9.17) is 0 Å². The van der Waals surface area contributed by atoms with Crippen molar-refractivity contribution >= 4 is 5.91 Å². The summed E-state index contributed by atoms with van der Waals surface area (Å²) in [6.07, 6.45) is 1.89. The summed E-state index contributed by atoms with van der Waals surface area (Å²) in [5.41, 5.74) is 1.24. The molecule has 3 nitrogen and oxygen atoms in total. The van der Waals surface area contributed by atoms with Gasteiger partial charge in [-0.3, -0.25) is 4.79 Å². The molecule has 0 aromatic heterocycles. The van der Waals surface area contributed by atoms with Crippen LogP contribution in [0.4, 0.5) is 4.39 Å². The maximum atomic E-state index is 13.4. The Kier molecular flexibility index (Phi) is 4.53. The molecule has 0 aliphatic carbocycles. The summed E-state index contributed by atoms with van der Waals surface area (Å²) in [5.74, 6) is -0.400. The summed E-state index contributed by atoms with van der Waals surface area (Å²) >= 11 is 0. The van der Waals surface area contributed by atoms with Crippen molar-refractivity contribution in [3.05, 3.63) is 35.1 Å². The van der Waals surface area contributed by atoms with Crippen LogP contribution in [-0.2, 0) is 0 Å². The molecular weight excluding hydrogens is 243 g/mol. The topological polar surface area (TPSA) is 32.3 Å². The van der Waals surface area contributed by atoms with Crippen LogP contribution in [0.5, 0.6) is 0 Å². The lowest BCUT2D eigenvalue weighted by molar-refractivity contribution is 0.0691. The van der Waals surface area contributed by atoms with Crippen molar-refractivity contribution in [2.45, 2.75) is 32.7 Å². The number of halogens is 1. The van der Waals surface area contributed by atoms with Crippen LogP contribution < -0.4 is 5.32 Å². The lowest BCUT2D eigenvalue weighted by Crippen LogP contribution is -2.42. The van der Waals surface area contributed by atoms with Gasteiger partial charge in [-0.1, -0.05) is 6.92 Å². The Morgan fingerprint density at radius 3 is 2.84 bits per heavy atom. The van der Waals surface area contributed by atoms with Crippen molar-refractivity contribution in [3.63, 3.8) is 0 Å². The molecule has 4 heteroatoms. The number of rotatable bonds is 4. The standard InChI is InChI=1S/C15H21FN2O/c1-3-6-18(14-4-5-17-10-14)15(19)12-7-11(2)8-13(16)9-12/h7-9,14,17H,3-6,10H2,1-2H3. The number of benzene rings is 1. The van der Waals surface area contributed by atoms with Gasteiger partial charge < -0.3 is 10.2 Å². The molecule has 2 rings (SSSR count). The molecule has 0 saturated carbocycles. The summed E-state index contributed by atoms with van der Waals surface area (Å²) in [7, 11) is 0. The van der Waals surface area contributed by atoms with Crippen molar-refractivity contribution in [2.75, 3.05) is 19.6 Å². The first-order valence-electron chi connectivity index (χ1n) is 6.90. The number of carbonyl (C=O) groups excluding carboxylic acids is 1. The zero-order chi connectivity index (χ0) is 13.8. The second-order valence-corrected chi connectivity index (χ2v) is 5.16. The van der Waals surface area contributed by atoms with Crippen molar-refractivity contribution in [2.24, 2.45) is 0 Å². The quantitative estimate of drug-likeness (QED) is 0.905. The van der Waals surface area contributed by atoms with Gasteiger partial charge in [-0.2, -0.15) is 0 Å². The van der Waals surface area contributed by atoms with Gasteiger partial charge in [0.1, 0.15) is 5.82 Å². The van der Waals surface area contributed by atoms with Gasteiger partial charge in [0.05, 0.1) is 0 Å². The summed E-state index contributed by atoms with van der Waals surface area (Å²) in [5, 5.41) is 3.27. The number of hydrogen-bond donors (Lipinski definition) is 1. The molecule has 0 spiro atoms. The second-order valence-electron chi connectivity index (χ2n) is 5.16. The number of aryl methyl sites for hydroxylation is 1. The van der Waals surface area contributed by atoms with Gasteiger partial charge in [-0.15, -0.1) is 0 Å². The van der Waals surface area contributed by atoms with Gasteiger partial charge in [0.15, 0.2) is 0 Å². The fourth-order valence-electron chi connectivity index (χ4n) is 2.62. The molecule has 104 valence electrons. The van der Waals surface area contributed by atoms with Gasteiger partial charge in [0.2, 0.25) is 0 Å². The van der Waals surface area contributed by atoms with E-state index in [0.29, 0.717) is 5.56 Å². The summed E-state index contributed by atoms with van der Waals surface area (Å²) in [4.78, 5) is 14.4. The zero-order valence-electron chi connectivity index (χ0n) is 11.6. The Balaban J connectivity index is 2.22. The minimum Gasteiger partial charge on any atom is -0.334 e. The van der Waals surface area contributed by atoms with Crippen LogP contribution in [0.1, 0.15) is 35.7 Å². The Bertz CT molecular complexity index is 435. The van der Waals surface area contributed by atoms with Crippen molar-refractivity contribution in [1.29, 1.82) is 0 Å². The molecule has 1 aliphatic heterocycles. The summed E-state index contributed by atoms with van der Waals surface area (Å²) in [6, 6.07) is 4.77. The van der Waals surface area contributed by atoms with Gasteiger partial charge in [-0.05, 0) is 50.1 Å². The fraction of sp³-hybridized carbons (Fsp3) is 0.533. The van der Waals surface area contributed by atoms with Crippen LogP contribution in [-0.4, -0.2) is 36.5 Å². The molecular formula is C15H21FN2O. The van der Waals surface area contributed by atoms with Gasteiger partial charge in [0, 0.05) is 24.7 Å². The molecule has 1 amide bonds. The molecule has 1 aromatic rings. The second kappa shape index (κ2) is 6.15. The SMILES string of the molecule is CCCN(C(=O)c1cc(C)cc(F)c1)C1CCNC1. The summed E-state index contributed by atoms with van der Waals surface area (Å²) in [6.45, 7) is 6.36. The fourth-order valence-corrected chi connectivity index (χ4v) is 2.62. The third-order valence-electron chi connectivity index (χ3n) is 3.49. The van der Waals surface area contributed by atoms with Crippen molar-refractivity contribution < 1.29 is 9.18 Å². The Hall–Kier alpha value is -1.42. The smallest absolute Gasteiger partial charge is 0.254 e. The maximum Gasteiger partial charge on any atom is 0.254 e. The van der Waals surface area contributed by atoms with E-state index in [1.807, 2.05) is 4.90 Å². The van der Waals surface area contributed by atoms with Gasteiger partial charge in [-0.25, -0.2) is 4.39 Å². The average molecular weight is 264 g/mol. The molecule has 1 N–H and O–H groups in total. The maximum absolute atomic E-state index is 13.4. The number of amides is 1. The van der Waals surface area contributed by atoms with Crippen molar-refractivity contribution in [3.8, 4) is 0 Å². The van der Waals surface area contributed by atoms with E-state index in [2.05, 4.69) is 12.2 Å². The Morgan fingerprint density at radius 2 is 2.26 bits per heavy atom. The first kappa shape index (κ1) is 14.0. The molecule has 1 aromatic carbocycles. The highest BCUT2D eigenvalue weighted by Crippen LogP contribution is 2.16. The van der Waals surface area contributed by atoms with Crippen molar-refractivity contribution in [1.82, 2.24) is 10.2 Å². The molecule has 1 saturated heterocycles. The van der Waals surface area contributed by atoms with Crippen LogP contribution in [0.2, 0.25) is 0 Å². The molecule has 1 atom stereocenters. The molecule has 1 unspecified atom stereocenters. The van der Waals surface area contributed by atoms with E-state index >= 15 is 0 Å². The van der Waals surface area contributed by atoms with Crippen LogP contribution in [0.25, 0.3) is 0 Å². The van der Waals surface area contributed by atoms with Crippen LogP contribution >= 0.6 is 0 Å². The highest BCUT2D eigenvalue weighted by molar-refractivity contribution is 5.94. The predicted octanol–water partition coefficient (Wildman–Crippen LogP) is 2.35. The van der Waals surface area contributed by atoms with E-state index in [0.717, 1.165) is 38.0 Å². The first-order chi connectivity index (χ1) is 9.11. The first-order valence-corrected chi connectivity index (χ1v) is 6.90. The average Bonchev–Trinajstić information content (AvgIpc) is 2.87. The molecule has 0 radical (unpaired) electrons. The van der Waals surface area contributed by atoms with Crippen LogP contribution in [0.15, 0.2) is 18.2 Å². The molecule has 19 heavy (non-hydrogen) atoms. The number of nitrogens with one attached hydrogen (secondary N) is 1. The van der Waals surface area contributed by atoms with Crippen LogP contribution in [0, 0.1) is 12.7 Å². The predicted molar refractivity (Wildman–Crippen MR) is 73.7 cm³/mol. The van der Waals surface area contributed by atoms with Gasteiger partial charge in [0.25, 0.3) is 5.91 Å². The van der Waals surface area contributed by atoms with E-state index in [-0.39, 0.29) is 17.8 Å². The Morgan fingerprint density at radius 1 is 1.47 bits per heavy atom. The van der Waals surface area contributed by atoms with E-state index in [9.17, 15) is 9.18 Å². The number of hydrogen-bond acceptors (Lipinski definition) is 2. The van der Waals surface area contributed by atoms with E-state index in [1.165, 1.54) is 12.1 Å². The van der Waals surface area contributed by atoms with E-state index in [1.54, 1.807) is 13.0 Å². The monoisotopic (exact) mass is 264 g/mol. The third-order valence-corrected chi connectivity index (χ3v) is 3.49.